The molecule has 0 aliphatic rings. The van der Waals surface area contributed by atoms with Crippen molar-refractivity contribution in [2.75, 3.05) is 0 Å². The van der Waals surface area contributed by atoms with Crippen molar-refractivity contribution in [3.8, 4) is 10.7 Å². The molecule has 16 heavy (non-hydrogen) atoms. The van der Waals surface area contributed by atoms with Gasteiger partial charge in [-0.3, -0.25) is 0 Å². The number of hydrogen-bond acceptors (Lipinski definition) is 1. The monoisotopic (exact) mass is 238 g/mol. The minimum atomic E-state index is -0.777. The zero-order valence-corrected chi connectivity index (χ0v) is 13.0. The summed E-state index contributed by atoms with van der Waals surface area (Å²) in [6, 6.07) is 0. The lowest BCUT2D eigenvalue weighted by Gasteiger charge is -2.24. The molecule has 0 bridgehead atoms. The summed E-state index contributed by atoms with van der Waals surface area (Å²) in [6.07, 6.45) is 4.99. The van der Waals surface area contributed by atoms with Gasteiger partial charge >= 0.3 is 14.1 Å². The Kier molecular flexibility index (Phi) is 8.22. The average molecular weight is 238 g/mol. The third-order valence-corrected chi connectivity index (χ3v) is 2.84. The molecule has 0 saturated heterocycles. The van der Waals surface area contributed by atoms with Gasteiger partial charge in [-0.2, -0.15) is 0 Å². The van der Waals surface area contributed by atoms with Crippen LogP contribution in [0.3, 0.4) is 0 Å². The van der Waals surface area contributed by atoms with Gasteiger partial charge in [0.15, 0.2) is 0 Å². The van der Waals surface area contributed by atoms with Gasteiger partial charge in [0.25, 0.3) is 0 Å². The highest BCUT2D eigenvalue weighted by molar-refractivity contribution is 6.64. The summed E-state index contributed by atoms with van der Waals surface area (Å²) < 4.78 is 5.98. The van der Waals surface area contributed by atoms with Crippen molar-refractivity contribution < 1.29 is 4.74 Å². The predicted octanol–water partition coefficient (Wildman–Crippen LogP) is 4.05. The van der Waals surface area contributed by atoms with Crippen molar-refractivity contribution in [1.82, 2.24) is 0 Å². The van der Waals surface area contributed by atoms with Crippen LogP contribution in [0.4, 0.5) is 0 Å². The summed E-state index contributed by atoms with van der Waals surface area (Å²) in [5, 5.41) is 0. The van der Waals surface area contributed by atoms with E-state index in [9.17, 15) is 0 Å². The van der Waals surface area contributed by atoms with Gasteiger partial charge in [-0.25, -0.2) is 4.78 Å². The van der Waals surface area contributed by atoms with E-state index in [0.717, 1.165) is 6.42 Å². The first-order chi connectivity index (χ1) is 7.35. The van der Waals surface area contributed by atoms with Crippen LogP contribution in [0.25, 0.3) is 0 Å². The predicted molar refractivity (Wildman–Crippen MR) is 74.0 cm³/mol. The molecule has 1 nitrogen and oxygen atoms in total. The highest BCUT2D eigenvalue weighted by Crippen LogP contribution is 2.15. The summed E-state index contributed by atoms with van der Waals surface area (Å²) in [4.78, 5) is 3.36. The second kappa shape index (κ2) is 8.19. The molecular weight excluding hydrogens is 211 g/mol. The number of rotatable bonds is 5. The van der Waals surface area contributed by atoms with Crippen molar-refractivity contribution in [3.63, 3.8) is 0 Å². The molecule has 0 N–H and O–H groups in total. The molecule has 0 aromatic carbocycles. The normalized spacial score (nSPS) is 12.9. The molecule has 92 valence electrons. The first kappa shape index (κ1) is 16.1. The van der Waals surface area contributed by atoms with Crippen molar-refractivity contribution in [2.24, 2.45) is 0 Å². The Labute approximate surface area is 106 Å². The van der Waals surface area contributed by atoms with E-state index in [1.54, 1.807) is 0 Å². The van der Waals surface area contributed by atoms with Crippen LogP contribution in [0, 0.1) is 10.7 Å². The molecular formula is C14H27AlO. The lowest BCUT2D eigenvalue weighted by molar-refractivity contribution is -0.0373. The Bertz CT molecular complexity index is 229. The van der Waals surface area contributed by atoms with Crippen molar-refractivity contribution >= 4 is 14.1 Å². The standard InChI is InChI=1S/C12H21O.2CH3.Al/c1-6-8-9-10-11(7-2)13-12(3,4)5;;;/h11H,6,8-10H2,1,3-5H3;2*1H3;/t11-;;;/m0.../s1. The van der Waals surface area contributed by atoms with Gasteiger partial charge in [-0.15, -0.1) is 0 Å². The smallest absolute Gasteiger partial charge is 0.360 e. The maximum absolute atomic E-state index is 5.98. The second-order valence-corrected chi connectivity index (χ2v) is 8.26. The summed E-state index contributed by atoms with van der Waals surface area (Å²) in [6.45, 7) is 8.54. The highest BCUT2D eigenvalue weighted by atomic mass is 27.2. The van der Waals surface area contributed by atoms with Gasteiger partial charge in [0, 0.05) is 0 Å². The van der Waals surface area contributed by atoms with E-state index in [0.29, 0.717) is 0 Å². The Hall–Kier alpha value is 0.0525. The van der Waals surface area contributed by atoms with Crippen molar-refractivity contribution in [3.05, 3.63) is 0 Å². The zero-order chi connectivity index (χ0) is 12.6. The molecule has 0 fully saturated rings. The average Bonchev–Trinajstić information content (AvgIpc) is 2.12. The lowest BCUT2D eigenvalue weighted by Crippen LogP contribution is -2.26. The van der Waals surface area contributed by atoms with Crippen molar-refractivity contribution in [1.29, 1.82) is 0 Å². The minimum Gasteiger partial charge on any atom is -0.360 e. The van der Waals surface area contributed by atoms with Gasteiger partial charge in [0.2, 0.25) is 0 Å². The molecule has 0 aliphatic carbocycles. The molecule has 0 rings (SSSR count). The molecule has 0 radical (unpaired) electrons. The zero-order valence-electron chi connectivity index (χ0n) is 11.9. The fourth-order valence-corrected chi connectivity index (χ4v) is 1.95. The summed E-state index contributed by atoms with van der Waals surface area (Å²) in [5.41, 5.74) is -0.0793. The maximum atomic E-state index is 5.98. The first-order valence-electron chi connectivity index (χ1n) is 6.54. The van der Waals surface area contributed by atoms with Gasteiger partial charge < -0.3 is 4.74 Å². The van der Waals surface area contributed by atoms with Gasteiger partial charge in [-0.05, 0) is 33.6 Å². The van der Waals surface area contributed by atoms with Crippen LogP contribution in [0.5, 0.6) is 0 Å². The van der Waals surface area contributed by atoms with Gasteiger partial charge in [0.1, 0.15) is 6.10 Å². The first-order valence-corrected chi connectivity index (χ1v) is 9.42. The molecule has 1 atom stereocenters. The third kappa shape index (κ3) is 10.6. The lowest BCUT2D eigenvalue weighted by atomic mass is 10.1. The molecule has 0 aliphatic heterocycles. The number of hydrogen-bond donors (Lipinski definition) is 0. The van der Waals surface area contributed by atoms with Gasteiger partial charge in [0.05, 0.1) is 5.60 Å². The topological polar surface area (TPSA) is 9.23 Å². The molecule has 0 aromatic heterocycles. The molecule has 0 spiro atoms. The van der Waals surface area contributed by atoms with Crippen LogP contribution in [0.15, 0.2) is 0 Å². The van der Waals surface area contributed by atoms with E-state index in [4.69, 9.17) is 4.74 Å². The maximum Gasteiger partial charge on any atom is 0.369 e. The van der Waals surface area contributed by atoms with E-state index < -0.39 is 14.1 Å². The van der Waals surface area contributed by atoms with Crippen LogP contribution in [0.2, 0.25) is 11.6 Å². The Morgan fingerprint density at radius 3 is 2.25 bits per heavy atom. The number of ether oxygens (including phenoxy) is 1. The Morgan fingerprint density at radius 1 is 1.19 bits per heavy atom. The molecule has 0 aromatic rings. The van der Waals surface area contributed by atoms with E-state index in [1.807, 2.05) is 0 Å². The Balaban J connectivity index is 4.24. The SMILES string of the molecule is CCCCC[C@H](C#[C][Al]([CH3])[CH3])OC(C)(C)C. The van der Waals surface area contributed by atoms with E-state index in [-0.39, 0.29) is 11.7 Å². The highest BCUT2D eigenvalue weighted by Gasteiger charge is 2.16. The summed E-state index contributed by atoms with van der Waals surface area (Å²) in [7, 11) is 0. The summed E-state index contributed by atoms with van der Waals surface area (Å²) in [5.74, 6) is 7.84. The molecule has 0 saturated carbocycles. The number of unbranched alkanes of at least 4 members (excludes halogenated alkanes) is 2. The van der Waals surface area contributed by atoms with Crippen LogP contribution in [-0.2, 0) is 4.74 Å². The molecule has 0 heterocycles. The summed E-state index contributed by atoms with van der Waals surface area (Å²) >= 11 is -0.777. The van der Waals surface area contributed by atoms with Crippen LogP contribution < -0.4 is 0 Å². The Morgan fingerprint density at radius 2 is 1.81 bits per heavy atom. The quantitative estimate of drug-likeness (QED) is 0.399. The molecule has 0 unspecified atom stereocenters. The van der Waals surface area contributed by atoms with Crippen LogP contribution >= 0.6 is 0 Å². The molecule has 2 heteroatoms. The van der Waals surface area contributed by atoms with E-state index >= 15 is 0 Å². The molecule has 0 amide bonds. The fourth-order valence-electron chi connectivity index (χ4n) is 1.43. The minimum absolute atomic E-state index is 0.0793. The third-order valence-electron chi connectivity index (χ3n) is 2.10. The largest absolute Gasteiger partial charge is 0.369 e. The fraction of sp³-hybridized carbons (Fsp3) is 0.857. The van der Waals surface area contributed by atoms with Crippen molar-refractivity contribution in [2.45, 2.75) is 76.7 Å². The van der Waals surface area contributed by atoms with E-state index in [2.05, 4.69) is 50.0 Å². The van der Waals surface area contributed by atoms with Crippen LogP contribution in [0.1, 0.15) is 53.4 Å². The van der Waals surface area contributed by atoms with E-state index in [1.165, 1.54) is 19.3 Å². The van der Waals surface area contributed by atoms with Crippen LogP contribution in [-0.4, -0.2) is 25.9 Å². The van der Waals surface area contributed by atoms with Gasteiger partial charge in [-0.1, -0.05) is 37.3 Å². The second-order valence-electron chi connectivity index (χ2n) is 5.66.